The van der Waals surface area contributed by atoms with E-state index in [0.717, 1.165) is 68.6 Å². The average Bonchev–Trinajstić information content (AvgIpc) is 3.56. The van der Waals surface area contributed by atoms with Crippen LogP contribution < -0.4 is 0 Å². The van der Waals surface area contributed by atoms with Crippen LogP contribution in [0.15, 0.2) is 48.7 Å². The number of carbonyl (C=O) groups excluding carboxylic acids is 2. The Morgan fingerprint density at radius 1 is 0.868 bits per heavy atom. The van der Waals surface area contributed by atoms with Gasteiger partial charge in [-0.05, 0) is 79.3 Å². The number of fused-ring (bicyclic) bond motifs is 1. The molecule has 0 bridgehead atoms. The van der Waals surface area contributed by atoms with Gasteiger partial charge < -0.3 is 14.7 Å². The molecule has 3 fully saturated rings. The Morgan fingerprint density at radius 2 is 1.61 bits per heavy atom. The lowest BCUT2D eigenvalue weighted by Crippen LogP contribution is -2.51. The summed E-state index contributed by atoms with van der Waals surface area (Å²) in [7, 11) is 0. The van der Waals surface area contributed by atoms with Crippen molar-refractivity contribution in [2.45, 2.75) is 63.5 Å². The lowest BCUT2D eigenvalue weighted by atomic mass is 9.93. The Labute approximate surface area is 235 Å². The first-order valence-electron chi connectivity index (χ1n) is 14.1. The van der Waals surface area contributed by atoms with Gasteiger partial charge in [-0.2, -0.15) is 0 Å². The molecular formula is C31H35Cl2N3O2. The first kappa shape index (κ1) is 25.8. The largest absolute Gasteiger partial charge is 0.371 e. The zero-order chi connectivity index (χ0) is 26.2. The summed E-state index contributed by atoms with van der Waals surface area (Å²) in [6.07, 6.45) is 12.8. The molecule has 2 atom stereocenters. The maximum absolute atomic E-state index is 13.2. The number of likely N-dealkylation sites (tertiary alicyclic amines) is 1. The van der Waals surface area contributed by atoms with Gasteiger partial charge in [-0.25, -0.2) is 0 Å². The van der Waals surface area contributed by atoms with Crippen molar-refractivity contribution in [3.63, 3.8) is 0 Å². The summed E-state index contributed by atoms with van der Waals surface area (Å²) < 4.78 is 0. The minimum absolute atomic E-state index is 0.0510. The first-order chi connectivity index (χ1) is 18.5. The molecule has 2 saturated heterocycles. The highest BCUT2D eigenvalue weighted by molar-refractivity contribution is 6.36. The molecule has 200 valence electrons. The third-order valence-corrected chi connectivity index (χ3v) is 9.62. The fourth-order valence-electron chi connectivity index (χ4n) is 6.72. The first-order valence-corrected chi connectivity index (χ1v) is 14.8. The van der Waals surface area contributed by atoms with Crippen LogP contribution in [-0.4, -0.2) is 64.8 Å². The molecule has 3 heterocycles. The predicted octanol–water partition coefficient (Wildman–Crippen LogP) is 6.43. The zero-order valence-corrected chi connectivity index (χ0v) is 23.3. The molecule has 4 aliphatic rings. The van der Waals surface area contributed by atoms with E-state index in [1.54, 1.807) is 0 Å². The smallest absolute Gasteiger partial charge is 0.253 e. The summed E-state index contributed by atoms with van der Waals surface area (Å²) in [6.45, 7) is 3.25. The van der Waals surface area contributed by atoms with E-state index in [4.69, 9.17) is 23.2 Å². The number of rotatable bonds is 5. The van der Waals surface area contributed by atoms with Crippen LogP contribution in [0.3, 0.4) is 0 Å². The quantitative estimate of drug-likeness (QED) is 0.430. The second-order valence-corrected chi connectivity index (χ2v) is 12.1. The third kappa shape index (κ3) is 5.08. The van der Waals surface area contributed by atoms with Crippen molar-refractivity contribution in [2.24, 2.45) is 5.92 Å². The second kappa shape index (κ2) is 10.9. The molecule has 1 aliphatic carbocycles. The minimum Gasteiger partial charge on any atom is -0.371 e. The van der Waals surface area contributed by atoms with Gasteiger partial charge in [0.05, 0.1) is 0 Å². The van der Waals surface area contributed by atoms with Gasteiger partial charge in [0.15, 0.2) is 0 Å². The highest BCUT2D eigenvalue weighted by atomic mass is 35.5. The second-order valence-electron chi connectivity index (χ2n) is 11.3. The molecule has 3 aliphatic heterocycles. The summed E-state index contributed by atoms with van der Waals surface area (Å²) in [5.74, 6) is 0.293. The lowest BCUT2D eigenvalue weighted by Gasteiger charge is -2.38. The molecule has 1 saturated carbocycles. The summed E-state index contributed by atoms with van der Waals surface area (Å²) in [6, 6.07) is 12.4. The number of amides is 2. The number of carbonyl (C=O) groups is 2. The summed E-state index contributed by atoms with van der Waals surface area (Å²) in [4.78, 5) is 32.7. The van der Waals surface area contributed by atoms with Crippen LogP contribution in [-0.2, 0) is 11.2 Å². The molecule has 5 nitrogen and oxygen atoms in total. The lowest BCUT2D eigenvalue weighted by molar-refractivity contribution is -0.133. The average molecular weight is 553 g/mol. The normalized spacial score (nSPS) is 23.8. The number of benzene rings is 2. The van der Waals surface area contributed by atoms with Gasteiger partial charge in [0.25, 0.3) is 5.91 Å². The summed E-state index contributed by atoms with van der Waals surface area (Å²) in [5.41, 5.74) is 3.43. The van der Waals surface area contributed by atoms with E-state index < -0.39 is 0 Å². The topological polar surface area (TPSA) is 43.9 Å². The van der Waals surface area contributed by atoms with Gasteiger partial charge in [-0.3, -0.25) is 9.59 Å². The van der Waals surface area contributed by atoms with Crippen molar-refractivity contribution in [3.8, 4) is 11.1 Å². The van der Waals surface area contributed by atoms with Crippen molar-refractivity contribution >= 4 is 35.0 Å². The van der Waals surface area contributed by atoms with Crippen LogP contribution >= 0.6 is 23.2 Å². The van der Waals surface area contributed by atoms with Crippen LogP contribution in [0.5, 0.6) is 0 Å². The van der Waals surface area contributed by atoms with E-state index in [-0.39, 0.29) is 17.7 Å². The maximum atomic E-state index is 13.2. The summed E-state index contributed by atoms with van der Waals surface area (Å²) in [5, 5.41) is 1.19. The number of hydrogen-bond donors (Lipinski definition) is 0. The van der Waals surface area contributed by atoms with Crippen LogP contribution in [0.4, 0.5) is 0 Å². The van der Waals surface area contributed by atoms with Crippen LogP contribution in [0.1, 0.15) is 60.9 Å². The molecule has 7 heteroatoms. The highest BCUT2D eigenvalue weighted by Gasteiger charge is 2.37. The number of halogens is 2. The van der Waals surface area contributed by atoms with Gasteiger partial charge in [0.1, 0.15) is 0 Å². The van der Waals surface area contributed by atoms with Crippen LogP contribution in [0.2, 0.25) is 10.0 Å². The van der Waals surface area contributed by atoms with Gasteiger partial charge in [0, 0.05) is 59.8 Å². The van der Waals surface area contributed by atoms with Gasteiger partial charge >= 0.3 is 0 Å². The number of piperazine rings is 1. The Kier molecular flexibility index (Phi) is 7.41. The molecule has 2 aromatic carbocycles. The van der Waals surface area contributed by atoms with Gasteiger partial charge in [-0.15, -0.1) is 0 Å². The Morgan fingerprint density at radius 3 is 2.34 bits per heavy atom. The molecule has 2 amide bonds. The standard InChI is InChI=1S/C31H35Cl2N3O2/c32-28-18-24(19-29(33)27(28)17-23-12-14-36(31(23)38)25-5-2-1-3-6-25)21-8-10-22(11-9-21)30(37)35-16-15-34-13-4-7-26(34)20-35/h4,8-11,13,18-19,23,25-26H,1-3,5-7,12,14-17,20H2. The number of nitrogens with zero attached hydrogens (tertiary/aromatic N) is 3. The van der Waals surface area contributed by atoms with Gasteiger partial charge in [-0.1, -0.05) is 60.7 Å². The minimum atomic E-state index is -0.0510. The molecule has 38 heavy (non-hydrogen) atoms. The fraction of sp³-hybridized carbons (Fsp3) is 0.484. The van der Waals surface area contributed by atoms with E-state index in [9.17, 15) is 9.59 Å². The van der Waals surface area contributed by atoms with Crippen molar-refractivity contribution in [2.75, 3.05) is 26.2 Å². The monoisotopic (exact) mass is 551 g/mol. The van der Waals surface area contributed by atoms with Crippen LogP contribution in [0, 0.1) is 5.92 Å². The van der Waals surface area contributed by atoms with Crippen molar-refractivity contribution in [3.05, 3.63) is 69.8 Å². The molecule has 0 aromatic heterocycles. The van der Waals surface area contributed by atoms with Crippen molar-refractivity contribution < 1.29 is 9.59 Å². The van der Waals surface area contributed by atoms with Crippen LogP contribution in [0.25, 0.3) is 11.1 Å². The third-order valence-electron chi connectivity index (χ3n) is 8.94. The molecule has 2 unspecified atom stereocenters. The Hall–Kier alpha value is -2.50. The highest BCUT2D eigenvalue weighted by Crippen LogP contribution is 2.37. The summed E-state index contributed by atoms with van der Waals surface area (Å²) >= 11 is 13.5. The van der Waals surface area contributed by atoms with E-state index in [1.165, 1.54) is 19.3 Å². The Balaban J connectivity index is 1.12. The van der Waals surface area contributed by atoms with Crippen molar-refractivity contribution in [1.29, 1.82) is 0 Å². The zero-order valence-electron chi connectivity index (χ0n) is 21.8. The predicted molar refractivity (Wildman–Crippen MR) is 152 cm³/mol. The molecule has 0 radical (unpaired) electrons. The van der Waals surface area contributed by atoms with E-state index in [2.05, 4.69) is 22.1 Å². The number of hydrogen-bond acceptors (Lipinski definition) is 3. The van der Waals surface area contributed by atoms with Crippen molar-refractivity contribution in [1.82, 2.24) is 14.7 Å². The molecule has 6 rings (SSSR count). The van der Waals surface area contributed by atoms with E-state index in [1.807, 2.05) is 41.3 Å². The SMILES string of the molecule is O=C(c1ccc(-c2cc(Cl)c(CC3CCN(C4CCCCC4)C3=O)c(Cl)c2)cc1)N1CCN2C=CCC2C1. The molecule has 0 N–H and O–H groups in total. The molecule has 0 spiro atoms. The van der Waals surface area contributed by atoms with Gasteiger partial charge in [0.2, 0.25) is 5.91 Å². The fourth-order valence-corrected chi connectivity index (χ4v) is 7.36. The van der Waals surface area contributed by atoms with E-state index >= 15 is 0 Å². The maximum Gasteiger partial charge on any atom is 0.253 e. The molecule has 2 aromatic rings. The molecular weight excluding hydrogens is 517 g/mol. The van der Waals surface area contributed by atoms with E-state index in [0.29, 0.717) is 34.1 Å². The Bertz CT molecular complexity index is 1220.